The minimum absolute atomic E-state index is 0.0649. The molecule has 0 spiro atoms. The Balaban J connectivity index is 1.90. The van der Waals surface area contributed by atoms with Crippen molar-refractivity contribution in [3.05, 3.63) is 29.3 Å². The fraction of sp³-hybridized carbons (Fsp3) is 0.611. The van der Waals surface area contributed by atoms with Crippen molar-refractivity contribution >= 4 is 21.6 Å². The average molecular weight is 368 g/mol. The minimum atomic E-state index is -3.40. The van der Waals surface area contributed by atoms with Gasteiger partial charge in [-0.1, -0.05) is 12.1 Å². The molecule has 1 N–H and O–H groups in total. The zero-order valence-corrected chi connectivity index (χ0v) is 16.1. The summed E-state index contributed by atoms with van der Waals surface area (Å²) in [6, 6.07) is 5.74. The van der Waals surface area contributed by atoms with Crippen LogP contribution in [0.3, 0.4) is 0 Å². The van der Waals surface area contributed by atoms with Crippen molar-refractivity contribution in [2.75, 3.05) is 30.3 Å². The van der Waals surface area contributed by atoms with Gasteiger partial charge in [0, 0.05) is 26.1 Å². The lowest BCUT2D eigenvalue weighted by Gasteiger charge is -2.24. The van der Waals surface area contributed by atoms with E-state index >= 15 is 0 Å². The van der Waals surface area contributed by atoms with Crippen molar-refractivity contribution in [3.8, 4) is 0 Å². The summed E-state index contributed by atoms with van der Waals surface area (Å²) in [5.74, 6) is -0.0649. The van der Waals surface area contributed by atoms with Crippen LogP contribution in [0, 0.1) is 13.8 Å². The molecule has 1 aromatic carbocycles. The van der Waals surface area contributed by atoms with Crippen molar-refractivity contribution in [1.82, 2.24) is 5.32 Å². The van der Waals surface area contributed by atoms with Crippen LogP contribution in [0.4, 0.5) is 5.69 Å². The van der Waals surface area contributed by atoms with Gasteiger partial charge in [0.05, 0.1) is 18.0 Å². The van der Waals surface area contributed by atoms with E-state index in [-0.39, 0.29) is 18.6 Å². The molecule has 0 bridgehead atoms. The summed E-state index contributed by atoms with van der Waals surface area (Å²) in [7, 11) is -3.40. The smallest absolute Gasteiger partial charge is 0.232 e. The monoisotopic (exact) mass is 368 g/mol. The first-order chi connectivity index (χ1) is 11.8. The fourth-order valence-corrected chi connectivity index (χ4v) is 3.97. The standard InChI is InChI=1S/C18H28N2O4S/c1-14-8-9-15(2)17(12-14)20(25(3,22)23)10-4-7-18(21)19-13-16-6-5-11-24-16/h8-9,12,16H,4-7,10-11,13H2,1-3H3,(H,19,21)/t16-/m1/s1. The number of hydrogen-bond donors (Lipinski definition) is 1. The zero-order chi connectivity index (χ0) is 18.4. The van der Waals surface area contributed by atoms with E-state index in [0.717, 1.165) is 30.6 Å². The van der Waals surface area contributed by atoms with E-state index in [0.29, 0.717) is 25.1 Å². The first-order valence-corrected chi connectivity index (χ1v) is 10.6. The Morgan fingerprint density at radius 2 is 2.12 bits per heavy atom. The number of amides is 1. The Morgan fingerprint density at radius 3 is 2.76 bits per heavy atom. The summed E-state index contributed by atoms with van der Waals surface area (Å²) in [5, 5.41) is 2.87. The van der Waals surface area contributed by atoms with Crippen molar-refractivity contribution in [2.45, 2.75) is 45.6 Å². The number of nitrogens with one attached hydrogen (secondary N) is 1. The molecule has 1 fully saturated rings. The maximum atomic E-state index is 12.2. The molecule has 0 saturated carbocycles. The molecule has 1 heterocycles. The molecule has 140 valence electrons. The predicted octanol–water partition coefficient (Wildman–Crippen LogP) is 2.14. The van der Waals surface area contributed by atoms with Gasteiger partial charge in [-0.15, -0.1) is 0 Å². The maximum Gasteiger partial charge on any atom is 0.232 e. The third kappa shape index (κ3) is 6.01. The van der Waals surface area contributed by atoms with Gasteiger partial charge in [-0.25, -0.2) is 8.42 Å². The Bertz CT molecular complexity index is 697. The van der Waals surface area contributed by atoms with Crippen LogP contribution in [0.25, 0.3) is 0 Å². The van der Waals surface area contributed by atoms with E-state index in [2.05, 4.69) is 5.32 Å². The molecule has 0 unspecified atom stereocenters. The number of rotatable bonds is 8. The lowest BCUT2D eigenvalue weighted by Crippen LogP contribution is -2.34. The van der Waals surface area contributed by atoms with Crippen LogP contribution in [0.1, 0.15) is 36.8 Å². The molecular weight excluding hydrogens is 340 g/mol. The molecule has 1 aliphatic rings. The van der Waals surface area contributed by atoms with E-state index in [1.807, 2.05) is 32.0 Å². The highest BCUT2D eigenvalue weighted by Gasteiger charge is 2.20. The van der Waals surface area contributed by atoms with E-state index in [1.165, 1.54) is 10.6 Å². The lowest BCUT2D eigenvalue weighted by atomic mass is 10.1. The number of carbonyl (C=O) groups excluding carboxylic acids is 1. The number of benzene rings is 1. The largest absolute Gasteiger partial charge is 0.376 e. The summed E-state index contributed by atoms with van der Waals surface area (Å²) >= 11 is 0. The maximum absolute atomic E-state index is 12.2. The van der Waals surface area contributed by atoms with Crippen LogP contribution in [0.2, 0.25) is 0 Å². The summed E-state index contributed by atoms with van der Waals surface area (Å²) in [6.07, 6.45) is 4.11. The third-order valence-corrected chi connectivity index (χ3v) is 5.53. The van der Waals surface area contributed by atoms with Crippen LogP contribution in [0.15, 0.2) is 18.2 Å². The molecule has 1 atom stereocenters. The van der Waals surface area contributed by atoms with Crippen LogP contribution in [-0.2, 0) is 19.6 Å². The van der Waals surface area contributed by atoms with Crippen LogP contribution in [0.5, 0.6) is 0 Å². The van der Waals surface area contributed by atoms with Crippen LogP contribution >= 0.6 is 0 Å². The molecule has 1 amide bonds. The number of ether oxygens (including phenoxy) is 1. The number of nitrogens with zero attached hydrogens (tertiary/aromatic N) is 1. The molecule has 0 aliphatic carbocycles. The van der Waals surface area contributed by atoms with Gasteiger partial charge in [0.2, 0.25) is 15.9 Å². The Morgan fingerprint density at radius 1 is 1.36 bits per heavy atom. The summed E-state index contributed by atoms with van der Waals surface area (Å²) in [4.78, 5) is 12.0. The van der Waals surface area contributed by atoms with E-state index in [1.54, 1.807) is 0 Å². The number of aryl methyl sites for hydroxylation is 2. The molecule has 0 radical (unpaired) electrons. The highest BCUT2D eigenvalue weighted by molar-refractivity contribution is 7.92. The molecule has 25 heavy (non-hydrogen) atoms. The fourth-order valence-electron chi connectivity index (χ4n) is 2.96. The van der Waals surface area contributed by atoms with Gasteiger partial charge in [-0.3, -0.25) is 9.10 Å². The molecule has 6 nitrogen and oxygen atoms in total. The number of carbonyl (C=O) groups is 1. The Labute approximate surface area is 150 Å². The third-order valence-electron chi connectivity index (χ3n) is 4.35. The van der Waals surface area contributed by atoms with E-state index in [4.69, 9.17) is 4.74 Å². The van der Waals surface area contributed by atoms with Crippen molar-refractivity contribution in [1.29, 1.82) is 0 Å². The topological polar surface area (TPSA) is 75.7 Å². The molecule has 1 saturated heterocycles. The number of hydrogen-bond acceptors (Lipinski definition) is 4. The molecule has 0 aromatic heterocycles. The second-order valence-electron chi connectivity index (χ2n) is 6.67. The summed E-state index contributed by atoms with van der Waals surface area (Å²) in [5.41, 5.74) is 2.59. The van der Waals surface area contributed by atoms with Gasteiger partial charge >= 0.3 is 0 Å². The normalized spacial score (nSPS) is 17.5. The highest BCUT2D eigenvalue weighted by Crippen LogP contribution is 2.24. The SMILES string of the molecule is Cc1ccc(C)c(N(CCCC(=O)NC[C@H]2CCCO2)S(C)(=O)=O)c1. The second-order valence-corrected chi connectivity index (χ2v) is 8.57. The highest BCUT2D eigenvalue weighted by atomic mass is 32.2. The Hall–Kier alpha value is -1.60. The molecule has 1 aliphatic heterocycles. The van der Waals surface area contributed by atoms with Crippen LogP contribution in [-0.4, -0.2) is 46.4 Å². The Kier molecular flexibility index (Phi) is 6.84. The zero-order valence-electron chi connectivity index (χ0n) is 15.2. The van der Waals surface area contributed by atoms with Gasteiger partial charge in [0.25, 0.3) is 0 Å². The molecule has 1 aromatic rings. The van der Waals surface area contributed by atoms with E-state index < -0.39 is 10.0 Å². The molecule has 7 heteroatoms. The number of anilines is 1. The molecule has 2 rings (SSSR count). The number of sulfonamides is 1. The first kappa shape index (κ1) is 19.7. The van der Waals surface area contributed by atoms with Crippen molar-refractivity contribution in [3.63, 3.8) is 0 Å². The second kappa shape index (κ2) is 8.67. The van der Waals surface area contributed by atoms with Gasteiger partial charge in [-0.05, 0) is 50.3 Å². The first-order valence-electron chi connectivity index (χ1n) is 8.70. The van der Waals surface area contributed by atoms with E-state index in [9.17, 15) is 13.2 Å². The van der Waals surface area contributed by atoms with Crippen molar-refractivity contribution < 1.29 is 17.9 Å². The van der Waals surface area contributed by atoms with Gasteiger partial charge in [0.15, 0.2) is 0 Å². The van der Waals surface area contributed by atoms with Crippen molar-refractivity contribution in [2.24, 2.45) is 0 Å². The quantitative estimate of drug-likeness (QED) is 0.763. The molecular formula is C18H28N2O4S. The minimum Gasteiger partial charge on any atom is -0.376 e. The van der Waals surface area contributed by atoms with Crippen LogP contribution < -0.4 is 9.62 Å². The predicted molar refractivity (Wildman–Crippen MR) is 99.3 cm³/mol. The van der Waals surface area contributed by atoms with Gasteiger partial charge in [-0.2, -0.15) is 0 Å². The van der Waals surface area contributed by atoms with Gasteiger partial charge in [0.1, 0.15) is 0 Å². The summed E-state index contributed by atoms with van der Waals surface area (Å²) < 4.78 is 31.2. The summed E-state index contributed by atoms with van der Waals surface area (Å²) in [6.45, 7) is 5.41. The average Bonchev–Trinajstić information content (AvgIpc) is 3.04. The van der Waals surface area contributed by atoms with Gasteiger partial charge < -0.3 is 10.1 Å². The lowest BCUT2D eigenvalue weighted by molar-refractivity contribution is -0.121.